The van der Waals surface area contributed by atoms with Crippen LogP contribution in [0.25, 0.3) is 0 Å². The van der Waals surface area contributed by atoms with Gasteiger partial charge in [0.25, 0.3) is 5.69 Å². The molecule has 0 unspecified atom stereocenters. The molecule has 0 N–H and O–H groups in total. The molecule has 1 aliphatic heterocycles. The number of hydrogen-bond acceptors (Lipinski definition) is 4. The Hall–Kier alpha value is -2.89. The van der Waals surface area contributed by atoms with E-state index in [-0.39, 0.29) is 11.6 Å². The van der Waals surface area contributed by atoms with Gasteiger partial charge in [-0.05, 0) is 37.0 Å². The molecule has 3 rings (SSSR count). The molecule has 0 bridgehead atoms. The highest BCUT2D eigenvalue weighted by Gasteiger charge is 2.26. The molecule has 2 aromatic carbocycles. The van der Waals surface area contributed by atoms with Crippen LogP contribution in [0.4, 0.5) is 11.4 Å². The lowest BCUT2D eigenvalue weighted by molar-refractivity contribution is -0.384. The van der Waals surface area contributed by atoms with E-state index in [4.69, 9.17) is 4.74 Å². The summed E-state index contributed by atoms with van der Waals surface area (Å²) in [6, 6.07) is 12.5. The smallest absolute Gasteiger partial charge is 0.271 e. The summed E-state index contributed by atoms with van der Waals surface area (Å²) < 4.78 is 5.71. The van der Waals surface area contributed by atoms with E-state index in [0.717, 1.165) is 23.3 Å². The first-order valence-corrected chi connectivity index (χ1v) is 8.32. The zero-order valence-electron chi connectivity index (χ0n) is 14.1. The number of carbonyl (C=O) groups excluding carboxylic acids is 1. The molecule has 2 aromatic rings. The Morgan fingerprint density at radius 1 is 1.28 bits per heavy atom. The normalized spacial score (nSPS) is 12.8. The van der Waals surface area contributed by atoms with Crippen LogP contribution in [0.1, 0.15) is 24.0 Å². The van der Waals surface area contributed by atoms with Gasteiger partial charge in [-0.3, -0.25) is 14.9 Å². The molecule has 1 aliphatic rings. The lowest BCUT2D eigenvalue weighted by Crippen LogP contribution is -2.29. The average Bonchev–Trinajstić information content (AvgIpc) is 3.03. The van der Waals surface area contributed by atoms with Crippen LogP contribution in [-0.2, 0) is 11.2 Å². The van der Waals surface area contributed by atoms with E-state index in [1.165, 1.54) is 12.1 Å². The fourth-order valence-corrected chi connectivity index (χ4v) is 3.00. The summed E-state index contributed by atoms with van der Waals surface area (Å²) in [5.41, 5.74) is 2.73. The number of anilines is 1. The third-order valence-electron chi connectivity index (χ3n) is 4.36. The number of carbonyl (C=O) groups is 1. The first-order chi connectivity index (χ1) is 12.1. The molecule has 0 saturated heterocycles. The first-order valence-electron chi connectivity index (χ1n) is 8.32. The predicted molar refractivity (Wildman–Crippen MR) is 95.1 cm³/mol. The van der Waals surface area contributed by atoms with Gasteiger partial charge < -0.3 is 9.64 Å². The summed E-state index contributed by atoms with van der Waals surface area (Å²) >= 11 is 0. The SMILES string of the molecule is Cc1ccccc1OCCCC(=O)N1CCc2ccc([N+](=O)[O-])cc21. The van der Waals surface area contributed by atoms with Crippen LogP contribution in [0.15, 0.2) is 42.5 Å². The minimum absolute atomic E-state index is 0.0151. The molecule has 0 saturated carbocycles. The number of non-ortho nitro benzene ring substituents is 1. The Labute approximate surface area is 146 Å². The number of nitro groups is 1. The molecule has 0 spiro atoms. The summed E-state index contributed by atoms with van der Waals surface area (Å²) in [5.74, 6) is 0.810. The van der Waals surface area contributed by atoms with Gasteiger partial charge in [-0.1, -0.05) is 24.3 Å². The Balaban J connectivity index is 1.56. The molecule has 0 radical (unpaired) electrons. The molecular formula is C19H20N2O4. The summed E-state index contributed by atoms with van der Waals surface area (Å²) in [5, 5.41) is 10.9. The standard InChI is InChI=1S/C19H20N2O4/c1-14-5-2-3-6-18(14)25-12-4-7-19(22)20-11-10-15-8-9-16(21(23)24)13-17(15)20/h2-3,5-6,8-9,13H,4,7,10-12H2,1H3. The second-order valence-electron chi connectivity index (χ2n) is 6.08. The number of para-hydroxylation sites is 1. The van der Waals surface area contributed by atoms with Crippen LogP contribution in [0.2, 0.25) is 0 Å². The molecule has 25 heavy (non-hydrogen) atoms. The van der Waals surface area contributed by atoms with Crippen molar-refractivity contribution in [2.75, 3.05) is 18.1 Å². The van der Waals surface area contributed by atoms with Crippen molar-refractivity contribution in [1.82, 2.24) is 0 Å². The fourth-order valence-electron chi connectivity index (χ4n) is 3.00. The quantitative estimate of drug-likeness (QED) is 0.457. The molecule has 0 atom stereocenters. The van der Waals surface area contributed by atoms with Crippen molar-refractivity contribution in [3.8, 4) is 5.75 Å². The number of amides is 1. The second-order valence-corrected chi connectivity index (χ2v) is 6.08. The van der Waals surface area contributed by atoms with E-state index >= 15 is 0 Å². The number of rotatable bonds is 6. The van der Waals surface area contributed by atoms with Crippen molar-refractivity contribution in [2.45, 2.75) is 26.2 Å². The molecule has 1 heterocycles. The largest absolute Gasteiger partial charge is 0.493 e. The Morgan fingerprint density at radius 3 is 2.84 bits per heavy atom. The molecule has 6 heteroatoms. The Morgan fingerprint density at radius 2 is 2.08 bits per heavy atom. The monoisotopic (exact) mass is 340 g/mol. The van der Waals surface area contributed by atoms with Gasteiger partial charge in [-0.2, -0.15) is 0 Å². The van der Waals surface area contributed by atoms with Crippen molar-refractivity contribution >= 4 is 17.3 Å². The lowest BCUT2D eigenvalue weighted by atomic mass is 10.1. The number of benzene rings is 2. The number of nitrogens with zero attached hydrogens (tertiary/aromatic N) is 2. The minimum Gasteiger partial charge on any atom is -0.493 e. The molecule has 6 nitrogen and oxygen atoms in total. The van der Waals surface area contributed by atoms with Crippen LogP contribution in [0.3, 0.4) is 0 Å². The number of fused-ring (bicyclic) bond motifs is 1. The minimum atomic E-state index is -0.433. The predicted octanol–water partition coefficient (Wildman–Crippen LogP) is 3.65. The summed E-state index contributed by atoms with van der Waals surface area (Å²) in [4.78, 5) is 24.6. The van der Waals surface area contributed by atoms with Crippen LogP contribution in [-0.4, -0.2) is 24.0 Å². The van der Waals surface area contributed by atoms with Crippen molar-refractivity contribution in [3.05, 3.63) is 63.7 Å². The third kappa shape index (κ3) is 3.79. The summed E-state index contributed by atoms with van der Waals surface area (Å²) in [6.07, 6.45) is 1.70. The van der Waals surface area contributed by atoms with Gasteiger partial charge in [-0.15, -0.1) is 0 Å². The summed E-state index contributed by atoms with van der Waals surface area (Å²) in [7, 11) is 0. The molecular weight excluding hydrogens is 320 g/mol. The van der Waals surface area contributed by atoms with Gasteiger partial charge in [-0.25, -0.2) is 0 Å². The number of nitro benzene ring substituents is 1. The maximum Gasteiger partial charge on any atom is 0.271 e. The topological polar surface area (TPSA) is 72.7 Å². The zero-order valence-corrected chi connectivity index (χ0v) is 14.1. The highest BCUT2D eigenvalue weighted by atomic mass is 16.6. The van der Waals surface area contributed by atoms with Crippen molar-refractivity contribution in [2.24, 2.45) is 0 Å². The van der Waals surface area contributed by atoms with Crippen LogP contribution >= 0.6 is 0 Å². The highest BCUT2D eigenvalue weighted by Crippen LogP contribution is 2.32. The molecule has 0 aliphatic carbocycles. The van der Waals surface area contributed by atoms with Crippen molar-refractivity contribution in [3.63, 3.8) is 0 Å². The van der Waals surface area contributed by atoms with Crippen molar-refractivity contribution < 1.29 is 14.5 Å². The van der Waals surface area contributed by atoms with Gasteiger partial charge in [0, 0.05) is 25.1 Å². The third-order valence-corrected chi connectivity index (χ3v) is 4.36. The molecule has 1 amide bonds. The fraction of sp³-hybridized carbons (Fsp3) is 0.316. The highest BCUT2D eigenvalue weighted by molar-refractivity contribution is 5.95. The Kier molecular flexibility index (Phi) is 4.97. The summed E-state index contributed by atoms with van der Waals surface area (Å²) in [6.45, 7) is 3.02. The lowest BCUT2D eigenvalue weighted by Gasteiger charge is -2.17. The molecule has 130 valence electrons. The average molecular weight is 340 g/mol. The second kappa shape index (κ2) is 7.34. The van der Waals surface area contributed by atoms with Crippen LogP contribution in [0.5, 0.6) is 5.75 Å². The first kappa shape index (κ1) is 17.0. The van der Waals surface area contributed by atoms with E-state index in [1.54, 1.807) is 11.0 Å². The van der Waals surface area contributed by atoms with Gasteiger partial charge in [0.15, 0.2) is 0 Å². The molecule has 0 fully saturated rings. The Bertz CT molecular complexity index is 804. The number of ether oxygens (including phenoxy) is 1. The van der Waals surface area contributed by atoms with E-state index < -0.39 is 4.92 Å². The molecule has 0 aromatic heterocycles. The van der Waals surface area contributed by atoms with E-state index in [9.17, 15) is 14.9 Å². The van der Waals surface area contributed by atoms with Gasteiger partial charge in [0.05, 0.1) is 17.2 Å². The number of hydrogen-bond donors (Lipinski definition) is 0. The van der Waals surface area contributed by atoms with E-state index in [0.29, 0.717) is 31.7 Å². The van der Waals surface area contributed by atoms with E-state index in [2.05, 4.69) is 0 Å². The zero-order chi connectivity index (χ0) is 17.8. The van der Waals surface area contributed by atoms with Crippen molar-refractivity contribution in [1.29, 1.82) is 0 Å². The van der Waals surface area contributed by atoms with Gasteiger partial charge in [0.1, 0.15) is 5.75 Å². The van der Waals surface area contributed by atoms with Gasteiger partial charge >= 0.3 is 0 Å². The van der Waals surface area contributed by atoms with Crippen LogP contribution in [0, 0.1) is 17.0 Å². The van der Waals surface area contributed by atoms with Crippen LogP contribution < -0.4 is 9.64 Å². The maximum atomic E-state index is 12.5. The van der Waals surface area contributed by atoms with E-state index in [1.807, 2.05) is 31.2 Å². The number of aryl methyl sites for hydroxylation is 1. The maximum absolute atomic E-state index is 12.5. The van der Waals surface area contributed by atoms with Gasteiger partial charge in [0.2, 0.25) is 5.91 Å².